The lowest BCUT2D eigenvalue weighted by atomic mass is 10.3. The molecule has 3 N–H and O–H groups in total. The van der Waals surface area contributed by atoms with Crippen molar-refractivity contribution < 1.29 is 4.79 Å². The number of carbonyl (C=O) groups is 1. The normalized spacial score (nSPS) is 14.9. The molecule has 0 atom stereocenters. The van der Waals surface area contributed by atoms with Gasteiger partial charge in [0.1, 0.15) is 5.82 Å². The Labute approximate surface area is 100 Å². The number of hydrogen-bond acceptors (Lipinski definition) is 5. The van der Waals surface area contributed by atoms with Crippen LogP contribution in [0.1, 0.15) is 23.3 Å². The van der Waals surface area contributed by atoms with E-state index in [4.69, 9.17) is 5.73 Å². The summed E-state index contributed by atoms with van der Waals surface area (Å²) in [6, 6.07) is 3.85. The number of amides is 1. The molecule has 0 aromatic carbocycles. The van der Waals surface area contributed by atoms with E-state index in [1.165, 1.54) is 12.8 Å². The quantitative estimate of drug-likeness (QED) is 0.743. The Morgan fingerprint density at radius 1 is 1.53 bits per heavy atom. The first-order valence-electron chi connectivity index (χ1n) is 5.74. The zero-order chi connectivity index (χ0) is 12.3. The van der Waals surface area contributed by atoms with E-state index in [-0.39, 0.29) is 5.91 Å². The molecular formula is C11H17N5O. The number of rotatable bonds is 5. The highest BCUT2D eigenvalue weighted by atomic mass is 16.1. The lowest BCUT2D eigenvalue weighted by molar-refractivity contribution is 0.0943. The number of aromatic nitrogens is 2. The summed E-state index contributed by atoms with van der Waals surface area (Å²) in [5, 5.41) is 10.2. The van der Waals surface area contributed by atoms with Crippen molar-refractivity contribution in [1.29, 1.82) is 0 Å². The van der Waals surface area contributed by atoms with Crippen molar-refractivity contribution in [3.8, 4) is 0 Å². The monoisotopic (exact) mass is 235 g/mol. The highest BCUT2D eigenvalue weighted by molar-refractivity contribution is 5.92. The highest BCUT2D eigenvalue weighted by Gasteiger charge is 2.25. The molecule has 92 valence electrons. The molecule has 1 fully saturated rings. The molecule has 1 aliphatic carbocycles. The van der Waals surface area contributed by atoms with E-state index >= 15 is 0 Å². The van der Waals surface area contributed by atoms with E-state index in [1.54, 1.807) is 12.1 Å². The van der Waals surface area contributed by atoms with Gasteiger partial charge in [0.25, 0.3) is 5.91 Å². The van der Waals surface area contributed by atoms with Gasteiger partial charge in [-0.25, -0.2) is 0 Å². The maximum atomic E-state index is 11.6. The fourth-order valence-electron chi connectivity index (χ4n) is 1.60. The van der Waals surface area contributed by atoms with Crippen molar-refractivity contribution in [1.82, 2.24) is 20.4 Å². The first-order chi connectivity index (χ1) is 8.16. The van der Waals surface area contributed by atoms with Crippen molar-refractivity contribution in [3.63, 3.8) is 0 Å². The second kappa shape index (κ2) is 5.09. The number of likely N-dealkylation sites (N-methyl/N-ethyl adjacent to an activating group) is 1. The van der Waals surface area contributed by atoms with Crippen LogP contribution in [0.2, 0.25) is 0 Å². The fraction of sp³-hybridized carbons (Fsp3) is 0.545. The van der Waals surface area contributed by atoms with Crippen LogP contribution in [0.15, 0.2) is 12.1 Å². The molecule has 1 amide bonds. The molecule has 6 nitrogen and oxygen atoms in total. The number of nitrogen functional groups attached to an aromatic ring is 1. The highest BCUT2D eigenvalue weighted by Crippen LogP contribution is 2.24. The van der Waals surface area contributed by atoms with Gasteiger partial charge in [0, 0.05) is 19.1 Å². The van der Waals surface area contributed by atoms with E-state index in [0.717, 1.165) is 6.54 Å². The molecule has 0 aliphatic heterocycles. The molecule has 0 spiro atoms. The van der Waals surface area contributed by atoms with Crippen molar-refractivity contribution in [2.45, 2.75) is 18.9 Å². The zero-order valence-corrected chi connectivity index (χ0v) is 9.89. The van der Waals surface area contributed by atoms with Gasteiger partial charge in [-0.3, -0.25) is 4.79 Å². The molecule has 1 aromatic rings. The second-order valence-electron chi connectivity index (χ2n) is 4.31. The molecule has 0 saturated heterocycles. The average molecular weight is 235 g/mol. The van der Waals surface area contributed by atoms with Crippen LogP contribution < -0.4 is 11.1 Å². The molecule has 6 heteroatoms. The number of nitrogens with one attached hydrogen (secondary N) is 1. The third kappa shape index (κ3) is 3.39. The van der Waals surface area contributed by atoms with E-state index in [2.05, 4.69) is 27.5 Å². The van der Waals surface area contributed by atoms with Gasteiger partial charge in [-0.1, -0.05) is 0 Å². The van der Waals surface area contributed by atoms with Crippen LogP contribution in [-0.4, -0.2) is 47.2 Å². The third-order valence-corrected chi connectivity index (χ3v) is 2.84. The summed E-state index contributed by atoms with van der Waals surface area (Å²) in [7, 11) is 2.08. The SMILES string of the molecule is CN(CCNC(=O)c1ccc(N)nn1)C1CC1. The second-order valence-corrected chi connectivity index (χ2v) is 4.31. The summed E-state index contributed by atoms with van der Waals surface area (Å²) >= 11 is 0. The smallest absolute Gasteiger partial charge is 0.271 e. The molecular weight excluding hydrogens is 218 g/mol. The van der Waals surface area contributed by atoms with Gasteiger partial charge in [-0.05, 0) is 32.0 Å². The van der Waals surface area contributed by atoms with Crippen LogP contribution in [0.5, 0.6) is 0 Å². The predicted octanol–water partition coefficient (Wildman–Crippen LogP) is -0.117. The Kier molecular flexibility index (Phi) is 3.53. The van der Waals surface area contributed by atoms with Gasteiger partial charge in [0.15, 0.2) is 5.69 Å². The topological polar surface area (TPSA) is 84.1 Å². The summed E-state index contributed by atoms with van der Waals surface area (Å²) in [5.74, 6) is 0.108. The maximum absolute atomic E-state index is 11.6. The number of nitrogens with two attached hydrogens (primary N) is 1. The van der Waals surface area contributed by atoms with E-state index in [0.29, 0.717) is 24.1 Å². The minimum absolute atomic E-state index is 0.207. The average Bonchev–Trinajstić information content (AvgIpc) is 3.13. The molecule has 1 heterocycles. The van der Waals surface area contributed by atoms with Crippen LogP contribution in [0, 0.1) is 0 Å². The number of hydrogen-bond donors (Lipinski definition) is 2. The molecule has 1 aromatic heterocycles. The molecule has 0 unspecified atom stereocenters. The lowest BCUT2D eigenvalue weighted by Gasteiger charge is -2.15. The van der Waals surface area contributed by atoms with Crippen molar-refractivity contribution in [2.24, 2.45) is 0 Å². The van der Waals surface area contributed by atoms with Crippen molar-refractivity contribution in [3.05, 3.63) is 17.8 Å². The van der Waals surface area contributed by atoms with Crippen molar-refractivity contribution >= 4 is 11.7 Å². The first-order valence-corrected chi connectivity index (χ1v) is 5.74. The standard InChI is InChI=1S/C11H17N5O/c1-16(8-2-3-8)7-6-13-11(17)9-4-5-10(12)15-14-9/h4-5,8H,2-3,6-7H2,1H3,(H2,12,15)(H,13,17). The van der Waals surface area contributed by atoms with Gasteiger partial charge < -0.3 is 16.0 Å². The summed E-state index contributed by atoms with van der Waals surface area (Å²) in [5.41, 5.74) is 5.69. The minimum Gasteiger partial charge on any atom is -0.382 e. The van der Waals surface area contributed by atoms with Crippen LogP contribution in [0.4, 0.5) is 5.82 Å². The number of nitrogens with zero attached hydrogens (tertiary/aromatic N) is 3. The van der Waals surface area contributed by atoms with Gasteiger partial charge in [-0.2, -0.15) is 0 Å². The largest absolute Gasteiger partial charge is 0.382 e. The van der Waals surface area contributed by atoms with E-state index in [1.807, 2.05) is 0 Å². The summed E-state index contributed by atoms with van der Waals surface area (Å²) in [4.78, 5) is 13.9. The lowest BCUT2D eigenvalue weighted by Crippen LogP contribution is -2.34. The zero-order valence-electron chi connectivity index (χ0n) is 9.89. The van der Waals surface area contributed by atoms with Crippen LogP contribution in [0.3, 0.4) is 0 Å². The van der Waals surface area contributed by atoms with E-state index in [9.17, 15) is 4.79 Å². The van der Waals surface area contributed by atoms with Crippen LogP contribution >= 0.6 is 0 Å². The first kappa shape index (κ1) is 11.8. The Balaban J connectivity index is 1.74. The molecule has 0 bridgehead atoms. The Morgan fingerprint density at radius 3 is 2.88 bits per heavy atom. The van der Waals surface area contributed by atoms with Crippen LogP contribution in [0.25, 0.3) is 0 Å². The van der Waals surface area contributed by atoms with Crippen molar-refractivity contribution in [2.75, 3.05) is 25.9 Å². The Hall–Kier alpha value is -1.69. The summed E-state index contributed by atoms with van der Waals surface area (Å²) in [6.07, 6.45) is 2.54. The summed E-state index contributed by atoms with van der Waals surface area (Å²) < 4.78 is 0. The fourth-order valence-corrected chi connectivity index (χ4v) is 1.60. The maximum Gasteiger partial charge on any atom is 0.271 e. The Morgan fingerprint density at radius 2 is 2.29 bits per heavy atom. The van der Waals surface area contributed by atoms with Gasteiger partial charge in [-0.15, -0.1) is 10.2 Å². The molecule has 17 heavy (non-hydrogen) atoms. The molecule has 1 aliphatic rings. The predicted molar refractivity (Wildman–Crippen MR) is 64.4 cm³/mol. The van der Waals surface area contributed by atoms with Crippen LogP contribution in [-0.2, 0) is 0 Å². The number of anilines is 1. The third-order valence-electron chi connectivity index (χ3n) is 2.84. The molecule has 2 rings (SSSR count). The van der Waals surface area contributed by atoms with Gasteiger partial charge in [0.2, 0.25) is 0 Å². The Bertz CT molecular complexity index is 387. The molecule has 1 saturated carbocycles. The van der Waals surface area contributed by atoms with Gasteiger partial charge in [0.05, 0.1) is 0 Å². The number of carbonyl (C=O) groups excluding carboxylic acids is 1. The minimum atomic E-state index is -0.207. The summed E-state index contributed by atoms with van der Waals surface area (Å²) in [6.45, 7) is 1.48. The van der Waals surface area contributed by atoms with E-state index < -0.39 is 0 Å². The van der Waals surface area contributed by atoms with Gasteiger partial charge >= 0.3 is 0 Å². The molecule has 0 radical (unpaired) electrons.